The zero-order valence-electron chi connectivity index (χ0n) is 21.1. The molecule has 0 radical (unpaired) electrons. The van der Waals surface area contributed by atoms with Gasteiger partial charge in [-0.2, -0.15) is 0 Å². The maximum Gasteiger partial charge on any atom is 0.241 e. The van der Waals surface area contributed by atoms with Gasteiger partial charge in [0.15, 0.2) is 9.84 Å². The number of rotatable bonds is 14. The molecular weight excluding hydrogens is 486 g/mol. The summed E-state index contributed by atoms with van der Waals surface area (Å²) in [7, 11) is 2.20. The molecule has 0 spiro atoms. The summed E-state index contributed by atoms with van der Waals surface area (Å²) in [5.41, 5.74) is 12.7. The standard InChI is InChI=1S/C25H35N3O7S/c1-32-18-14-23(34-3)19(24(15-18)35-4)10-12-36(30,31)16-17-8-9-22(33-2)21(13-17)28-25(29)20(27)7-5-6-11-26/h8-10,12-15,20H,5-7,11,16,26-27H2,1-4H3,(H,28,29)/b12-10+/t20-/m0/s1. The summed E-state index contributed by atoms with van der Waals surface area (Å²) < 4.78 is 47.1. The first-order chi connectivity index (χ1) is 17.2. The Morgan fingerprint density at radius 1 is 0.972 bits per heavy atom. The van der Waals surface area contributed by atoms with Crippen molar-refractivity contribution in [1.29, 1.82) is 0 Å². The van der Waals surface area contributed by atoms with Crippen LogP contribution >= 0.6 is 0 Å². The minimum absolute atomic E-state index is 0.306. The van der Waals surface area contributed by atoms with E-state index in [2.05, 4.69) is 5.32 Å². The van der Waals surface area contributed by atoms with Gasteiger partial charge in [-0.3, -0.25) is 4.79 Å². The number of nitrogens with two attached hydrogens (primary N) is 2. The quantitative estimate of drug-likeness (QED) is 0.319. The highest BCUT2D eigenvalue weighted by atomic mass is 32.2. The number of ether oxygens (including phenoxy) is 4. The largest absolute Gasteiger partial charge is 0.496 e. The molecule has 0 bridgehead atoms. The maximum absolute atomic E-state index is 12.9. The maximum atomic E-state index is 12.9. The SMILES string of the molecule is COc1cc(OC)c(/C=C/S(=O)(=O)Cc2ccc(OC)c(NC(=O)[C@@H](N)CCCCN)c2)c(OC)c1. The molecule has 198 valence electrons. The topological polar surface area (TPSA) is 152 Å². The van der Waals surface area contributed by atoms with Crippen LogP contribution in [0.1, 0.15) is 30.4 Å². The highest BCUT2D eigenvalue weighted by molar-refractivity contribution is 7.93. The molecule has 1 amide bonds. The summed E-state index contributed by atoms with van der Waals surface area (Å²) in [6.07, 6.45) is 3.41. The summed E-state index contributed by atoms with van der Waals surface area (Å²) in [5.74, 6) is 1.01. The number of amides is 1. The Morgan fingerprint density at radius 3 is 2.17 bits per heavy atom. The van der Waals surface area contributed by atoms with E-state index in [1.54, 1.807) is 30.3 Å². The van der Waals surface area contributed by atoms with Crippen LogP contribution < -0.4 is 35.7 Å². The van der Waals surface area contributed by atoms with Crippen LogP contribution in [0, 0.1) is 0 Å². The zero-order valence-corrected chi connectivity index (χ0v) is 21.9. The second-order valence-electron chi connectivity index (χ2n) is 7.97. The zero-order chi connectivity index (χ0) is 26.7. The molecule has 0 aliphatic heterocycles. The van der Waals surface area contributed by atoms with Gasteiger partial charge in [0, 0.05) is 17.5 Å². The Bertz CT molecular complexity index is 1140. The van der Waals surface area contributed by atoms with Crippen LogP contribution in [0.2, 0.25) is 0 Å². The minimum atomic E-state index is -3.71. The van der Waals surface area contributed by atoms with Gasteiger partial charge in [0.05, 0.1) is 51.5 Å². The number of carbonyl (C=O) groups excluding carboxylic acids is 1. The van der Waals surface area contributed by atoms with Crippen LogP contribution in [0.15, 0.2) is 35.7 Å². The molecule has 2 aromatic carbocycles. The van der Waals surface area contributed by atoms with Crippen LogP contribution in [-0.2, 0) is 20.4 Å². The van der Waals surface area contributed by atoms with Crippen molar-refractivity contribution < 1.29 is 32.2 Å². The second-order valence-corrected chi connectivity index (χ2v) is 9.86. The Balaban J connectivity index is 2.24. The molecule has 5 N–H and O–H groups in total. The van der Waals surface area contributed by atoms with E-state index in [0.29, 0.717) is 52.8 Å². The molecule has 0 heterocycles. The smallest absolute Gasteiger partial charge is 0.241 e. The Labute approximate surface area is 212 Å². The van der Waals surface area contributed by atoms with Crippen molar-refractivity contribution in [1.82, 2.24) is 0 Å². The van der Waals surface area contributed by atoms with Gasteiger partial charge in [-0.15, -0.1) is 0 Å². The van der Waals surface area contributed by atoms with Crippen molar-refractivity contribution in [2.45, 2.75) is 31.1 Å². The number of nitrogens with one attached hydrogen (secondary N) is 1. The molecule has 0 saturated carbocycles. The number of benzene rings is 2. The Morgan fingerprint density at radius 2 is 1.61 bits per heavy atom. The van der Waals surface area contributed by atoms with Crippen LogP contribution in [0.4, 0.5) is 5.69 Å². The van der Waals surface area contributed by atoms with Crippen molar-refractivity contribution in [3.63, 3.8) is 0 Å². The van der Waals surface area contributed by atoms with E-state index < -0.39 is 15.9 Å². The number of unbranched alkanes of at least 4 members (excludes halogenated alkanes) is 1. The predicted octanol–water partition coefficient (Wildman–Crippen LogP) is 2.70. The summed E-state index contributed by atoms with van der Waals surface area (Å²) in [6.45, 7) is 0.533. The molecule has 0 unspecified atom stereocenters. The van der Waals surface area contributed by atoms with Gasteiger partial charge in [-0.1, -0.05) is 12.5 Å². The van der Waals surface area contributed by atoms with Gasteiger partial charge in [-0.25, -0.2) is 8.42 Å². The lowest BCUT2D eigenvalue weighted by atomic mass is 10.1. The van der Waals surface area contributed by atoms with Crippen LogP contribution in [0.5, 0.6) is 23.0 Å². The third-order valence-electron chi connectivity index (χ3n) is 5.39. The van der Waals surface area contributed by atoms with E-state index in [1.165, 1.54) is 34.5 Å². The molecule has 0 aromatic heterocycles. The highest BCUT2D eigenvalue weighted by Crippen LogP contribution is 2.35. The van der Waals surface area contributed by atoms with E-state index in [0.717, 1.165) is 18.2 Å². The first kappa shape index (κ1) is 29.0. The fraction of sp³-hybridized carbons (Fsp3) is 0.400. The van der Waals surface area contributed by atoms with Crippen molar-refractivity contribution in [2.75, 3.05) is 40.3 Å². The minimum Gasteiger partial charge on any atom is -0.496 e. The van der Waals surface area contributed by atoms with Gasteiger partial charge in [-0.05, 0) is 43.2 Å². The van der Waals surface area contributed by atoms with E-state index in [9.17, 15) is 13.2 Å². The molecule has 2 aromatic rings. The van der Waals surface area contributed by atoms with Gasteiger partial charge >= 0.3 is 0 Å². The molecule has 0 aliphatic rings. The third kappa shape index (κ3) is 8.14. The summed E-state index contributed by atoms with van der Waals surface area (Å²) in [4.78, 5) is 12.5. The van der Waals surface area contributed by atoms with Crippen molar-refractivity contribution in [3.05, 3.63) is 46.9 Å². The van der Waals surface area contributed by atoms with Crippen LogP contribution in [-0.4, -0.2) is 55.4 Å². The average molecular weight is 522 g/mol. The van der Waals surface area contributed by atoms with Gasteiger partial charge in [0.2, 0.25) is 5.91 Å². The normalized spacial score (nSPS) is 12.3. The Hall–Kier alpha value is -3.28. The molecule has 0 aliphatic carbocycles. The number of hydrogen-bond acceptors (Lipinski definition) is 9. The van der Waals surface area contributed by atoms with E-state index >= 15 is 0 Å². The van der Waals surface area contributed by atoms with Crippen molar-refractivity contribution in [2.24, 2.45) is 11.5 Å². The number of methoxy groups -OCH3 is 4. The van der Waals surface area contributed by atoms with Crippen LogP contribution in [0.25, 0.3) is 6.08 Å². The molecular formula is C25H35N3O7S. The molecule has 11 heteroatoms. The van der Waals surface area contributed by atoms with Gasteiger partial charge in [0.25, 0.3) is 0 Å². The van der Waals surface area contributed by atoms with Gasteiger partial charge in [0.1, 0.15) is 23.0 Å². The van der Waals surface area contributed by atoms with E-state index in [-0.39, 0.29) is 11.7 Å². The lowest BCUT2D eigenvalue weighted by Gasteiger charge is -2.15. The summed E-state index contributed by atoms with van der Waals surface area (Å²) in [6, 6.07) is 7.33. The summed E-state index contributed by atoms with van der Waals surface area (Å²) >= 11 is 0. The molecule has 0 saturated heterocycles. The first-order valence-corrected chi connectivity index (χ1v) is 13.0. The lowest BCUT2D eigenvalue weighted by molar-refractivity contribution is -0.117. The highest BCUT2D eigenvalue weighted by Gasteiger charge is 2.18. The number of sulfone groups is 1. The predicted molar refractivity (Wildman–Crippen MR) is 140 cm³/mol. The number of anilines is 1. The molecule has 10 nitrogen and oxygen atoms in total. The molecule has 2 rings (SSSR count). The third-order valence-corrected chi connectivity index (χ3v) is 6.68. The van der Waals surface area contributed by atoms with Crippen molar-refractivity contribution >= 4 is 27.5 Å². The fourth-order valence-corrected chi connectivity index (χ4v) is 4.54. The van der Waals surface area contributed by atoms with Crippen LogP contribution in [0.3, 0.4) is 0 Å². The second kappa shape index (κ2) is 13.7. The molecule has 36 heavy (non-hydrogen) atoms. The van der Waals surface area contributed by atoms with Crippen molar-refractivity contribution in [3.8, 4) is 23.0 Å². The monoisotopic (exact) mass is 521 g/mol. The van der Waals surface area contributed by atoms with Gasteiger partial charge < -0.3 is 35.7 Å². The number of carbonyl (C=O) groups is 1. The first-order valence-electron chi connectivity index (χ1n) is 11.3. The molecule has 0 fully saturated rings. The van der Waals surface area contributed by atoms with E-state index in [4.69, 9.17) is 30.4 Å². The average Bonchev–Trinajstić information content (AvgIpc) is 2.86. The van der Waals surface area contributed by atoms with E-state index in [1.807, 2.05) is 0 Å². The number of hydrogen-bond donors (Lipinski definition) is 3. The lowest BCUT2D eigenvalue weighted by Crippen LogP contribution is -2.35. The Kier molecular flexibility index (Phi) is 11.0. The summed E-state index contributed by atoms with van der Waals surface area (Å²) in [5, 5.41) is 3.83. The fourth-order valence-electron chi connectivity index (χ4n) is 3.46. The molecule has 1 atom stereocenters.